The van der Waals surface area contributed by atoms with Gasteiger partial charge in [0.05, 0.1) is 17.5 Å². The van der Waals surface area contributed by atoms with Crippen molar-refractivity contribution in [3.05, 3.63) is 56.4 Å². The van der Waals surface area contributed by atoms with Gasteiger partial charge in [0.25, 0.3) is 5.56 Å². The quantitative estimate of drug-likeness (QED) is 0.619. The summed E-state index contributed by atoms with van der Waals surface area (Å²) in [7, 11) is 3.67. The molecule has 2 heterocycles. The number of aromatic nitrogens is 2. The number of benzene rings is 1. The minimum Gasteiger partial charge on any atom is -0.325 e. The minimum atomic E-state index is -4.51. The average molecular weight is 465 g/mol. The lowest BCUT2D eigenvalue weighted by Crippen LogP contribution is -2.33. The standard InChI is InChI=1S/C22H23F3N4O2S/c1-28(2)11-17-27-20-19(15-8-3-4-9-16(15)32-20)21(31)29(17)12-18(30)26-14-7-5-6-13(10-14)22(23,24)25/h5-7,10H,3-4,8-9,11-12H2,1-2H3,(H,26,30). The van der Waals surface area contributed by atoms with Crippen molar-refractivity contribution in [1.82, 2.24) is 14.5 Å². The Balaban J connectivity index is 1.69. The number of fused-ring (bicyclic) bond motifs is 3. The van der Waals surface area contributed by atoms with Crippen LogP contribution in [0.3, 0.4) is 0 Å². The van der Waals surface area contributed by atoms with Gasteiger partial charge in [0, 0.05) is 10.6 Å². The maximum absolute atomic E-state index is 13.4. The number of rotatable bonds is 5. The zero-order valence-corrected chi connectivity index (χ0v) is 18.6. The highest BCUT2D eigenvalue weighted by molar-refractivity contribution is 7.18. The Labute approximate surface area is 186 Å². The molecule has 0 unspecified atom stereocenters. The van der Waals surface area contributed by atoms with Crippen LogP contribution in [0.5, 0.6) is 0 Å². The van der Waals surface area contributed by atoms with E-state index < -0.39 is 17.6 Å². The highest BCUT2D eigenvalue weighted by Gasteiger charge is 2.30. The van der Waals surface area contributed by atoms with E-state index in [0.717, 1.165) is 43.4 Å². The van der Waals surface area contributed by atoms with E-state index in [1.54, 1.807) is 0 Å². The van der Waals surface area contributed by atoms with Crippen LogP contribution in [0.4, 0.5) is 18.9 Å². The zero-order valence-electron chi connectivity index (χ0n) is 17.8. The Morgan fingerprint density at radius 1 is 1.25 bits per heavy atom. The van der Waals surface area contributed by atoms with Crippen LogP contribution >= 0.6 is 11.3 Å². The van der Waals surface area contributed by atoms with Gasteiger partial charge in [0.2, 0.25) is 5.91 Å². The molecular weight excluding hydrogens is 441 g/mol. The molecule has 2 aromatic heterocycles. The van der Waals surface area contributed by atoms with Crippen molar-refractivity contribution in [2.45, 2.75) is 44.9 Å². The fraction of sp³-hybridized carbons (Fsp3) is 0.409. The van der Waals surface area contributed by atoms with Crippen molar-refractivity contribution in [2.75, 3.05) is 19.4 Å². The summed E-state index contributed by atoms with van der Waals surface area (Å²) in [6.45, 7) is 0.0242. The molecule has 1 N–H and O–H groups in total. The Morgan fingerprint density at radius 3 is 2.72 bits per heavy atom. The van der Waals surface area contributed by atoms with Crippen molar-refractivity contribution >= 4 is 33.1 Å². The number of hydrogen-bond donors (Lipinski definition) is 1. The zero-order chi connectivity index (χ0) is 23.0. The van der Waals surface area contributed by atoms with Crippen LogP contribution < -0.4 is 10.9 Å². The Hall–Kier alpha value is -2.72. The summed E-state index contributed by atoms with van der Waals surface area (Å²) in [5.74, 6) is -0.137. The molecule has 0 fully saturated rings. The van der Waals surface area contributed by atoms with Crippen LogP contribution in [-0.2, 0) is 36.9 Å². The predicted octanol–water partition coefficient (Wildman–Crippen LogP) is 4.06. The summed E-state index contributed by atoms with van der Waals surface area (Å²) >= 11 is 1.54. The monoisotopic (exact) mass is 464 g/mol. The molecule has 32 heavy (non-hydrogen) atoms. The summed E-state index contributed by atoms with van der Waals surface area (Å²) in [6, 6.07) is 4.42. The topological polar surface area (TPSA) is 67.2 Å². The van der Waals surface area contributed by atoms with E-state index >= 15 is 0 Å². The van der Waals surface area contributed by atoms with Gasteiger partial charge in [-0.1, -0.05) is 6.07 Å². The number of thiophene rings is 1. The van der Waals surface area contributed by atoms with E-state index in [4.69, 9.17) is 4.98 Å². The van der Waals surface area contributed by atoms with Gasteiger partial charge in [0.1, 0.15) is 17.2 Å². The third-order valence-electron chi connectivity index (χ3n) is 5.39. The Bertz CT molecular complexity index is 1230. The van der Waals surface area contributed by atoms with Gasteiger partial charge in [-0.3, -0.25) is 14.2 Å². The Kier molecular flexibility index (Phi) is 6.09. The number of halogens is 3. The van der Waals surface area contributed by atoms with E-state index in [2.05, 4.69) is 5.32 Å². The number of anilines is 1. The molecule has 0 atom stereocenters. The second-order valence-electron chi connectivity index (χ2n) is 8.17. The average Bonchev–Trinajstić information content (AvgIpc) is 3.08. The lowest BCUT2D eigenvalue weighted by molar-refractivity contribution is -0.137. The van der Waals surface area contributed by atoms with Gasteiger partial charge in [-0.05, 0) is 63.5 Å². The van der Waals surface area contributed by atoms with Crippen molar-refractivity contribution in [3.63, 3.8) is 0 Å². The summed E-state index contributed by atoms with van der Waals surface area (Å²) in [5, 5.41) is 3.05. The van der Waals surface area contributed by atoms with Crippen molar-refractivity contribution < 1.29 is 18.0 Å². The highest BCUT2D eigenvalue weighted by atomic mass is 32.1. The third kappa shape index (κ3) is 4.56. The van der Waals surface area contributed by atoms with Crippen molar-refractivity contribution in [3.8, 4) is 0 Å². The first-order chi connectivity index (χ1) is 15.1. The fourth-order valence-corrected chi connectivity index (χ4v) is 5.24. The molecule has 1 aliphatic rings. The smallest absolute Gasteiger partial charge is 0.325 e. The molecule has 10 heteroatoms. The van der Waals surface area contributed by atoms with Gasteiger partial charge < -0.3 is 10.2 Å². The molecule has 3 aromatic rings. The molecule has 0 spiro atoms. The molecule has 0 saturated heterocycles. The van der Waals surface area contributed by atoms with Crippen molar-refractivity contribution in [1.29, 1.82) is 0 Å². The number of hydrogen-bond acceptors (Lipinski definition) is 5. The van der Waals surface area contributed by atoms with E-state index in [0.29, 0.717) is 22.6 Å². The van der Waals surface area contributed by atoms with Gasteiger partial charge in [-0.15, -0.1) is 11.3 Å². The molecule has 0 aliphatic heterocycles. The first-order valence-electron chi connectivity index (χ1n) is 10.3. The summed E-state index contributed by atoms with van der Waals surface area (Å²) < 4.78 is 40.2. The molecule has 170 valence electrons. The van der Waals surface area contributed by atoms with Gasteiger partial charge in [-0.25, -0.2) is 4.98 Å². The molecule has 1 amide bonds. The largest absolute Gasteiger partial charge is 0.416 e. The normalized spacial score (nSPS) is 14.1. The second kappa shape index (κ2) is 8.67. The molecule has 0 saturated carbocycles. The van der Waals surface area contributed by atoms with Crippen LogP contribution in [-0.4, -0.2) is 34.5 Å². The van der Waals surface area contributed by atoms with Crippen LogP contribution in [0.25, 0.3) is 10.2 Å². The molecule has 0 radical (unpaired) electrons. The van der Waals surface area contributed by atoms with Crippen LogP contribution in [0.2, 0.25) is 0 Å². The SMILES string of the molecule is CN(C)Cc1nc2sc3c(c2c(=O)n1CC(=O)Nc1cccc(C(F)(F)F)c1)CCCC3. The fourth-order valence-electron chi connectivity index (χ4n) is 3.96. The first kappa shape index (κ1) is 22.5. The lowest BCUT2D eigenvalue weighted by atomic mass is 9.97. The van der Waals surface area contributed by atoms with E-state index in [-0.39, 0.29) is 17.8 Å². The van der Waals surface area contributed by atoms with Gasteiger partial charge in [0.15, 0.2) is 0 Å². The summed E-state index contributed by atoms with van der Waals surface area (Å²) in [5.41, 5.74) is -0.0784. The molecular formula is C22H23F3N4O2S. The number of alkyl halides is 3. The number of nitrogens with one attached hydrogen (secondary N) is 1. The summed E-state index contributed by atoms with van der Waals surface area (Å²) in [6.07, 6.45) is -0.681. The second-order valence-corrected chi connectivity index (χ2v) is 9.26. The Morgan fingerprint density at radius 2 is 2.00 bits per heavy atom. The molecule has 1 aromatic carbocycles. The maximum Gasteiger partial charge on any atom is 0.416 e. The first-order valence-corrected chi connectivity index (χ1v) is 11.1. The maximum atomic E-state index is 13.4. The molecule has 6 nitrogen and oxygen atoms in total. The van der Waals surface area contributed by atoms with Crippen LogP contribution in [0.1, 0.15) is 34.7 Å². The highest BCUT2D eigenvalue weighted by Crippen LogP contribution is 2.34. The number of nitrogens with zero attached hydrogens (tertiary/aromatic N) is 3. The van der Waals surface area contributed by atoms with Gasteiger partial charge in [-0.2, -0.15) is 13.2 Å². The van der Waals surface area contributed by atoms with Crippen molar-refractivity contribution in [2.24, 2.45) is 0 Å². The minimum absolute atomic E-state index is 0.0222. The predicted molar refractivity (Wildman–Crippen MR) is 118 cm³/mol. The summed E-state index contributed by atoms with van der Waals surface area (Å²) in [4.78, 5) is 34.5. The van der Waals surface area contributed by atoms with E-state index in [1.807, 2.05) is 19.0 Å². The molecule has 1 aliphatic carbocycles. The van der Waals surface area contributed by atoms with E-state index in [9.17, 15) is 22.8 Å². The van der Waals surface area contributed by atoms with E-state index in [1.165, 1.54) is 32.9 Å². The number of aryl methyl sites for hydroxylation is 2. The van der Waals surface area contributed by atoms with Crippen LogP contribution in [0, 0.1) is 0 Å². The lowest BCUT2D eigenvalue weighted by Gasteiger charge is -2.16. The van der Waals surface area contributed by atoms with Crippen LogP contribution in [0.15, 0.2) is 29.1 Å². The molecule has 4 rings (SSSR count). The van der Waals surface area contributed by atoms with Gasteiger partial charge >= 0.3 is 6.18 Å². The number of carbonyl (C=O) groups is 1. The molecule has 0 bridgehead atoms. The third-order valence-corrected chi connectivity index (χ3v) is 6.57. The number of amides is 1. The number of carbonyl (C=O) groups excluding carboxylic acids is 1.